The molecule has 21 heavy (non-hydrogen) atoms. The summed E-state index contributed by atoms with van der Waals surface area (Å²) in [6.45, 7) is 0.612. The van der Waals surface area contributed by atoms with Crippen molar-refractivity contribution in [3.8, 4) is 0 Å². The molecular formula is C14H10BrCl2FN2S. The molecule has 0 fully saturated rings. The Bertz CT molecular complexity index is 800. The monoisotopic (exact) mass is 406 g/mol. The highest BCUT2D eigenvalue weighted by Crippen LogP contribution is 2.28. The van der Waals surface area contributed by atoms with Gasteiger partial charge in [-0.1, -0.05) is 11.6 Å². The topological polar surface area (TPSA) is 17.8 Å². The minimum atomic E-state index is -0.301. The third-order valence-corrected chi connectivity index (χ3v) is 5.14. The quantitative estimate of drug-likeness (QED) is 0.523. The van der Waals surface area contributed by atoms with E-state index in [1.54, 1.807) is 6.07 Å². The van der Waals surface area contributed by atoms with Gasteiger partial charge in [0.1, 0.15) is 11.6 Å². The summed E-state index contributed by atoms with van der Waals surface area (Å²) >= 11 is 16.5. The smallest absolute Gasteiger partial charge is 0.139 e. The second-order valence-corrected chi connectivity index (χ2v) is 7.55. The summed E-state index contributed by atoms with van der Waals surface area (Å²) in [5.74, 6) is 1.02. The van der Waals surface area contributed by atoms with Gasteiger partial charge < -0.3 is 4.57 Å². The van der Waals surface area contributed by atoms with E-state index in [0.29, 0.717) is 23.3 Å². The molecule has 2 nitrogen and oxygen atoms in total. The van der Waals surface area contributed by atoms with E-state index in [2.05, 4.69) is 20.9 Å². The van der Waals surface area contributed by atoms with Gasteiger partial charge in [0.15, 0.2) is 0 Å². The second-order valence-electron chi connectivity index (χ2n) is 4.51. The Balaban J connectivity index is 2.12. The number of alkyl halides is 1. The molecule has 2 aromatic heterocycles. The van der Waals surface area contributed by atoms with Gasteiger partial charge >= 0.3 is 0 Å². The van der Waals surface area contributed by atoms with Crippen molar-refractivity contribution in [2.75, 3.05) is 5.88 Å². The molecular weight excluding hydrogens is 398 g/mol. The van der Waals surface area contributed by atoms with E-state index in [0.717, 1.165) is 26.1 Å². The number of hydrogen-bond acceptors (Lipinski definition) is 2. The minimum Gasteiger partial charge on any atom is -0.323 e. The molecule has 1 aromatic carbocycles. The summed E-state index contributed by atoms with van der Waals surface area (Å²) in [7, 11) is 0. The van der Waals surface area contributed by atoms with Crippen LogP contribution in [0.3, 0.4) is 0 Å². The van der Waals surface area contributed by atoms with Crippen LogP contribution in [0.1, 0.15) is 10.7 Å². The van der Waals surface area contributed by atoms with Crippen molar-refractivity contribution in [2.45, 2.75) is 13.0 Å². The van der Waals surface area contributed by atoms with Gasteiger partial charge in [0.05, 0.1) is 26.4 Å². The Morgan fingerprint density at radius 2 is 2.14 bits per heavy atom. The molecule has 0 saturated heterocycles. The van der Waals surface area contributed by atoms with Crippen LogP contribution in [-0.2, 0) is 13.0 Å². The maximum absolute atomic E-state index is 13.8. The Labute approximate surface area is 143 Å². The fourth-order valence-corrected chi connectivity index (χ4v) is 3.79. The summed E-state index contributed by atoms with van der Waals surface area (Å²) in [5.41, 5.74) is 1.52. The van der Waals surface area contributed by atoms with E-state index in [1.807, 2.05) is 16.7 Å². The predicted octanol–water partition coefficient (Wildman–Crippen LogP) is 5.48. The van der Waals surface area contributed by atoms with Gasteiger partial charge in [-0.3, -0.25) is 0 Å². The summed E-state index contributed by atoms with van der Waals surface area (Å²) < 4.78 is 17.0. The van der Waals surface area contributed by atoms with Crippen LogP contribution in [0.2, 0.25) is 4.34 Å². The number of benzene rings is 1. The van der Waals surface area contributed by atoms with Crippen LogP contribution in [0.4, 0.5) is 4.39 Å². The number of aryl methyl sites for hydroxylation is 1. The van der Waals surface area contributed by atoms with E-state index in [-0.39, 0.29) is 5.82 Å². The molecule has 0 saturated carbocycles. The Morgan fingerprint density at radius 1 is 1.33 bits per heavy atom. The molecule has 7 heteroatoms. The van der Waals surface area contributed by atoms with Crippen LogP contribution in [0.25, 0.3) is 11.0 Å². The molecule has 0 unspecified atom stereocenters. The summed E-state index contributed by atoms with van der Waals surface area (Å²) in [5, 5.41) is 0. The van der Waals surface area contributed by atoms with E-state index in [1.165, 1.54) is 17.4 Å². The Kier molecular flexibility index (Phi) is 4.54. The molecule has 0 spiro atoms. The zero-order valence-corrected chi connectivity index (χ0v) is 14.7. The molecule has 110 valence electrons. The fourth-order valence-electron chi connectivity index (χ4n) is 2.21. The second kappa shape index (κ2) is 6.24. The van der Waals surface area contributed by atoms with Crippen molar-refractivity contribution < 1.29 is 4.39 Å². The van der Waals surface area contributed by atoms with E-state index in [9.17, 15) is 4.39 Å². The summed E-state index contributed by atoms with van der Waals surface area (Å²) in [4.78, 5) is 5.66. The lowest BCUT2D eigenvalue weighted by atomic mass is 10.3. The van der Waals surface area contributed by atoms with Crippen molar-refractivity contribution in [1.29, 1.82) is 0 Å². The normalized spacial score (nSPS) is 11.4. The molecule has 0 N–H and O–H groups in total. The number of aromatic nitrogens is 2. The first kappa shape index (κ1) is 15.3. The molecule has 0 aliphatic carbocycles. The largest absolute Gasteiger partial charge is 0.323 e. The van der Waals surface area contributed by atoms with Crippen molar-refractivity contribution in [1.82, 2.24) is 9.55 Å². The molecule has 0 bridgehead atoms. The van der Waals surface area contributed by atoms with E-state index < -0.39 is 0 Å². The highest BCUT2D eigenvalue weighted by Gasteiger charge is 2.14. The number of hydrogen-bond donors (Lipinski definition) is 0. The number of halogens is 4. The van der Waals surface area contributed by atoms with Gasteiger partial charge in [0.2, 0.25) is 0 Å². The molecule has 0 aliphatic rings. The lowest BCUT2D eigenvalue weighted by Gasteiger charge is -2.07. The van der Waals surface area contributed by atoms with Gasteiger partial charge in [-0.15, -0.1) is 22.9 Å². The number of thiophene rings is 1. The van der Waals surface area contributed by atoms with Crippen molar-refractivity contribution in [2.24, 2.45) is 0 Å². The summed E-state index contributed by atoms with van der Waals surface area (Å²) in [6, 6.07) is 7.03. The first-order valence-corrected chi connectivity index (χ1v) is 8.75. The van der Waals surface area contributed by atoms with Crippen LogP contribution in [0.15, 0.2) is 28.7 Å². The SMILES string of the molecule is Fc1cc2c(cc1Br)nc(CCCl)n2Cc1ccc(Cl)s1. The van der Waals surface area contributed by atoms with Crippen LogP contribution in [0, 0.1) is 5.82 Å². The first-order valence-electron chi connectivity index (χ1n) is 6.23. The number of imidazole rings is 1. The van der Waals surface area contributed by atoms with Crippen LogP contribution >= 0.6 is 50.5 Å². The van der Waals surface area contributed by atoms with E-state index >= 15 is 0 Å². The zero-order valence-electron chi connectivity index (χ0n) is 10.7. The Morgan fingerprint density at radius 3 is 2.81 bits per heavy atom. The highest BCUT2D eigenvalue weighted by atomic mass is 79.9. The maximum Gasteiger partial charge on any atom is 0.139 e. The predicted molar refractivity (Wildman–Crippen MR) is 90.2 cm³/mol. The highest BCUT2D eigenvalue weighted by molar-refractivity contribution is 9.10. The number of fused-ring (bicyclic) bond motifs is 1. The number of nitrogens with zero attached hydrogens (tertiary/aromatic N) is 2. The van der Waals surface area contributed by atoms with Gasteiger partial charge in [-0.05, 0) is 34.1 Å². The molecule has 0 atom stereocenters. The van der Waals surface area contributed by atoms with Crippen molar-refractivity contribution in [3.63, 3.8) is 0 Å². The average Bonchev–Trinajstić information content (AvgIpc) is 2.97. The van der Waals surface area contributed by atoms with Gasteiger partial charge in [0.25, 0.3) is 0 Å². The standard InChI is InChI=1S/C14H10BrCl2FN2S/c15-9-5-11-12(6-10(9)18)20(14(19-11)3-4-16)7-8-1-2-13(17)21-8/h1-2,5-6H,3-4,7H2. The third-order valence-electron chi connectivity index (χ3n) is 3.13. The summed E-state index contributed by atoms with van der Waals surface area (Å²) in [6.07, 6.45) is 0.634. The van der Waals surface area contributed by atoms with Crippen LogP contribution in [0.5, 0.6) is 0 Å². The fraction of sp³-hybridized carbons (Fsp3) is 0.214. The zero-order chi connectivity index (χ0) is 15.0. The molecule has 0 amide bonds. The average molecular weight is 408 g/mol. The Hall–Kier alpha value is -0.620. The van der Waals surface area contributed by atoms with Crippen LogP contribution in [-0.4, -0.2) is 15.4 Å². The van der Waals surface area contributed by atoms with Crippen molar-refractivity contribution in [3.05, 3.63) is 49.6 Å². The molecule has 2 heterocycles. The number of rotatable bonds is 4. The first-order chi connectivity index (χ1) is 10.1. The van der Waals surface area contributed by atoms with Gasteiger partial charge in [-0.2, -0.15) is 0 Å². The van der Waals surface area contributed by atoms with Gasteiger partial charge in [-0.25, -0.2) is 9.37 Å². The molecule has 0 radical (unpaired) electrons. The van der Waals surface area contributed by atoms with Crippen molar-refractivity contribution >= 4 is 61.5 Å². The maximum atomic E-state index is 13.8. The molecule has 3 aromatic rings. The van der Waals surface area contributed by atoms with Gasteiger partial charge in [0, 0.05) is 23.2 Å². The lowest BCUT2D eigenvalue weighted by Crippen LogP contribution is -2.05. The molecule has 0 aliphatic heterocycles. The van der Waals surface area contributed by atoms with Crippen LogP contribution < -0.4 is 0 Å². The molecule has 3 rings (SSSR count). The third kappa shape index (κ3) is 3.11. The minimum absolute atomic E-state index is 0.301. The van der Waals surface area contributed by atoms with E-state index in [4.69, 9.17) is 23.2 Å². The lowest BCUT2D eigenvalue weighted by molar-refractivity contribution is 0.621.